The van der Waals surface area contributed by atoms with Gasteiger partial charge >= 0.3 is 0 Å². The summed E-state index contributed by atoms with van der Waals surface area (Å²) in [5, 5.41) is 2.92. The molecule has 1 amide bonds. The van der Waals surface area contributed by atoms with Crippen molar-refractivity contribution in [2.24, 2.45) is 0 Å². The molecule has 0 aliphatic heterocycles. The summed E-state index contributed by atoms with van der Waals surface area (Å²) in [4.78, 5) is 12.8. The summed E-state index contributed by atoms with van der Waals surface area (Å²) < 4.78 is 39.6. The molecular formula is C20H23FN2O3S. The Bertz CT molecular complexity index is 1000. The molecule has 0 saturated heterocycles. The smallest absolute Gasteiger partial charge is 0.251 e. The number of sulfonamides is 1. The summed E-state index contributed by atoms with van der Waals surface area (Å²) in [5.74, 6) is -0.532. The molecule has 144 valence electrons. The average Bonchev–Trinajstić information content (AvgIpc) is 3.35. The number of hydrogen-bond acceptors (Lipinski definition) is 3. The van der Waals surface area contributed by atoms with Gasteiger partial charge in [0.1, 0.15) is 5.82 Å². The van der Waals surface area contributed by atoms with Crippen molar-refractivity contribution < 1.29 is 17.6 Å². The molecule has 0 radical (unpaired) electrons. The number of nitrogens with zero attached hydrogens (tertiary/aromatic N) is 1. The van der Waals surface area contributed by atoms with Gasteiger partial charge in [-0.25, -0.2) is 17.1 Å². The van der Waals surface area contributed by atoms with Gasteiger partial charge in [0.05, 0.1) is 4.90 Å². The summed E-state index contributed by atoms with van der Waals surface area (Å²) >= 11 is 0. The van der Waals surface area contributed by atoms with E-state index in [0.717, 1.165) is 21.9 Å². The highest BCUT2D eigenvalue weighted by molar-refractivity contribution is 7.89. The van der Waals surface area contributed by atoms with Crippen LogP contribution in [0.2, 0.25) is 0 Å². The normalized spacial score (nSPS) is 19.2. The topological polar surface area (TPSA) is 66.5 Å². The minimum atomic E-state index is -3.65. The molecule has 3 rings (SSSR count). The lowest BCUT2D eigenvalue weighted by atomic mass is 10.1. The minimum Gasteiger partial charge on any atom is -0.349 e. The van der Waals surface area contributed by atoms with E-state index >= 15 is 0 Å². The van der Waals surface area contributed by atoms with E-state index in [1.807, 2.05) is 6.07 Å². The Balaban J connectivity index is 1.81. The first-order valence-corrected chi connectivity index (χ1v) is 10.2. The molecule has 0 unspecified atom stereocenters. The molecule has 2 aromatic rings. The summed E-state index contributed by atoms with van der Waals surface area (Å²) in [7, 11) is -0.720. The van der Waals surface area contributed by atoms with Gasteiger partial charge in [-0.1, -0.05) is 12.1 Å². The molecule has 7 heteroatoms. The second-order valence-corrected chi connectivity index (χ2v) is 9.30. The number of rotatable bonds is 5. The predicted molar refractivity (Wildman–Crippen MR) is 102 cm³/mol. The number of halogens is 1. The third kappa shape index (κ3) is 3.89. The van der Waals surface area contributed by atoms with Crippen molar-refractivity contribution >= 4 is 15.9 Å². The Labute approximate surface area is 159 Å². The zero-order valence-corrected chi connectivity index (χ0v) is 16.6. The minimum absolute atomic E-state index is 0.0742. The molecular weight excluding hydrogens is 367 g/mol. The molecule has 2 aromatic carbocycles. The Hall–Kier alpha value is -2.25. The van der Waals surface area contributed by atoms with Crippen molar-refractivity contribution in [1.82, 2.24) is 9.62 Å². The first-order valence-electron chi connectivity index (χ1n) is 8.71. The van der Waals surface area contributed by atoms with Crippen LogP contribution in [-0.4, -0.2) is 38.8 Å². The highest BCUT2D eigenvalue weighted by Crippen LogP contribution is 2.41. The van der Waals surface area contributed by atoms with Gasteiger partial charge in [-0.15, -0.1) is 0 Å². The van der Waals surface area contributed by atoms with E-state index in [1.54, 1.807) is 26.0 Å². The van der Waals surface area contributed by atoms with Gasteiger partial charge in [-0.05, 0) is 61.2 Å². The van der Waals surface area contributed by atoms with Crippen molar-refractivity contribution in [3.63, 3.8) is 0 Å². The zero-order chi connectivity index (χ0) is 19.9. The van der Waals surface area contributed by atoms with E-state index in [9.17, 15) is 17.6 Å². The van der Waals surface area contributed by atoms with E-state index in [4.69, 9.17) is 0 Å². The van der Waals surface area contributed by atoms with Gasteiger partial charge in [0.2, 0.25) is 10.0 Å². The van der Waals surface area contributed by atoms with E-state index in [2.05, 4.69) is 5.32 Å². The van der Waals surface area contributed by atoms with Crippen molar-refractivity contribution in [2.75, 3.05) is 14.1 Å². The lowest BCUT2D eigenvalue weighted by molar-refractivity contribution is 0.0950. The maximum absolute atomic E-state index is 13.4. The Kier molecular flexibility index (Phi) is 5.10. The first kappa shape index (κ1) is 19.5. The summed E-state index contributed by atoms with van der Waals surface area (Å²) in [5.41, 5.74) is 2.53. The van der Waals surface area contributed by atoms with E-state index in [0.29, 0.717) is 11.1 Å². The molecule has 1 aliphatic rings. The third-order valence-electron chi connectivity index (χ3n) is 5.02. The fourth-order valence-corrected chi connectivity index (χ4v) is 4.35. The number of benzene rings is 2. The lowest BCUT2D eigenvalue weighted by Crippen LogP contribution is -2.28. The number of carbonyl (C=O) groups excluding carboxylic acids is 1. The van der Waals surface area contributed by atoms with Crippen LogP contribution in [-0.2, 0) is 10.0 Å². The maximum Gasteiger partial charge on any atom is 0.251 e. The third-order valence-corrected chi connectivity index (χ3v) is 6.97. The Morgan fingerprint density at radius 2 is 1.89 bits per heavy atom. The fourth-order valence-electron chi connectivity index (χ4n) is 3.13. The molecule has 0 spiro atoms. The second kappa shape index (κ2) is 7.05. The van der Waals surface area contributed by atoms with Gasteiger partial charge in [-0.2, -0.15) is 0 Å². The van der Waals surface area contributed by atoms with Crippen LogP contribution in [0.15, 0.2) is 41.3 Å². The highest BCUT2D eigenvalue weighted by Gasteiger charge is 2.40. The van der Waals surface area contributed by atoms with Gasteiger partial charge in [0.25, 0.3) is 5.91 Å². The van der Waals surface area contributed by atoms with Gasteiger partial charge in [-0.3, -0.25) is 4.79 Å². The quantitative estimate of drug-likeness (QED) is 0.854. The SMILES string of the molecule is Cc1cc(C(=O)N[C@H]2C[C@H]2c2cccc(F)c2)cc(S(=O)(=O)N(C)C)c1C. The molecule has 0 bridgehead atoms. The standard InChI is InChI=1S/C20H23FN2O3S/c1-12-8-15(10-19(13(12)2)27(25,26)23(3)4)20(24)22-18-11-17(18)14-6-5-7-16(21)9-14/h5-10,17-18H,11H2,1-4H3,(H,22,24)/t17-,18-/m0/s1. The number of hydrogen-bond donors (Lipinski definition) is 1. The zero-order valence-electron chi connectivity index (χ0n) is 15.8. The highest BCUT2D eigenvalue weighted by atomic mass is 32.2. The average molecular weight is 390 g/mol. The molecule has 27 heavy (non-hydrogen) atoms. The van der Waals surface area contributed by atoms with Crippen LogP contribution in [0, 0.1) is 19.7 Å². The first-order chi connectivity index (χ1) is 12.6. The van der Waals surface area contributed by atoms with Crippen LogP contribution in [0.3, 0.4) is 0 Å². The van der Waals surface area contributed by atoms with Crippen LogP contribution in [0.4, 0.5) is 4.39 Å². The fraction of sp³-hybridized carbons (Fsp3) is 0.350. The van der Waals surface area contributed by atoms with Gasteiger partial charge in [0.15, 0.2) is 0 Å². The van der Waals surface area contributed by atoms with Crippen LogP contribution in [0.5, 0.6) is 0 Å². The van der Waals surface area contributed by atoms with Crippen molar-refractivity contribution in [3.8, 4) is 0 Å². The lowest BCUT2D eigenvalue weighted by Gasteiger charge is -2.16. The number of aryl methyl sites for hydroxylation is 1. The summed E-state index contributed by atoms with van der Waals surface area (Å²) in [6.45, 7) is 3.52. The van der Waals surface area contributed by atoms with Gasteiger partial charge < -0.3 is 5.32 Å². The van der Waals surface area contributed by atoms with Crippen molar-refractivity contribution in [3.05, 3.63) is 64.5 Å². The van der Waals surface area contributed by atoms with E-state index < -0.39 is 10.0 Å². The maximum atomic E-state index is 13.4. The van der Waals surface area contributed by atoms with Crippen LogP contribution in [0.1, 0.15) is 39.4 Å². The Morgan fingerprint density at radius 1 is 1.19 bits per heavy atom. The van der Waals surface area contributed by atoms with Crippen molar-refractivity contribution in [2.45, 2.75) is 37.1 Å². The molecule has 2 atom stereocenters. The predicted octanol–water partition coefficient (Wildman–Crippen LogP) is 2.98. The number of carbonyl (C=O) groups is 1. The van der Waals surface area contributed by atoms with Crippen molar-refractivity contribution in [1.29, 1.82) is 0 Å². The molecule has 0 aromatic heterocycles. The number of nitrogens with one attached hydrogen (secondary N) is 1. The molecule has 1 N–H and O–H groups in total. The van der Waals surface area contributed by atoms with E-state index in [1.165, 1.54) is 32.3 Å². The van der Waals surface area contributed by atoms with Crippen LogP contribution >= 0.6 is 0 Å². The van der Waals surface area contributed by atoms with E-state index in [-0.39, 0.29) is 28.6 Å². The van der Waals surface area contributed by atoms with Gasteiger partial charge in [0, 0.05) is 31.6 Å². The summed E-state index contributed by atoms with van der Waals surface area (Å²) in [6.07, 6.45) is 0.739. The summed E-state index contributed by atoms with van der Waals surface area (Å²) in [6, 6.07) is 9.41. The molecule has 5 nitrogen and oxygen atoms in total. The number of amides is 1. The molecule has 1 fully saturated rings. The monoisotopic (exact) mass is 390 g/mol. The largest absolute Gasteiger partial charge is 0.349 e. The van der Waals surface area contributed by atoms with Crippen LogP contribution in [0.25, 0.3) is 0 Å². The molecule has 1 saturated carbocycles. The molecule has 0 heterocycles. The second-order valence-electron chi connectivity index (χ2n) is 7.18. The molecule has 1 aliphatic carbocycles. The van der Waals surface area contributed by atoms with Crippen LogP contribution < -0.4 is 5.32 Å². The Morgan fingerprint density at radius 3 is 2.52 bits per heavy atom.